The van der Waals surface area contributed by atoms with Gasteiger partial charge >= 0.3 is 5.97 Å². The molecule has 190 valence electrons. The number of carbonyl (C=O) groups is 3. The first-order valence-electron chi connectivity index (χ1n) is 12.3. The van der Waals surface area contributed by atoms with Gasteiger partial charge in [-0.2, -0.15) is 0 Å². The molecule has 0 radical (unpaired) electrons. The molecule has 1 fully saturated rings. The van der Waals surface area contributed by atoms with Crippen molar-refractivity contribution >= 4 is 29.6 Å². The van der Waals surface area contributed by atoms with Crippen LogP contribution in [0.15, 0.2) is 60.7 Å². The number of aliphatic carboxylic acids is 1. The highest BCUT2D eigenvalue weighted by atomic mass is 16.4. The number of rotatable bonds is 9. The molecule has 0 aliphatic carbocycles. The predicted octanol–water partition coefficient (Wildman–Crippen LogP) is 4.63. The molecule has 0 bridgehead atoms. The van der Waals surface area contributed by atoms with Gasteiger partial charge in [-0.25, -0.2) is 0 Å². The van der Waals surface area contributed by atoms with Gasteiger partial charge in [-0.1, -0.05) is 54.6 Å². The largest absolute Gasteiger partial charge is 0.481 e. The third kappa shape index (κ3) is 6.90. The second-order valence-corrected chi connectivity index (χ2v) is 9.98. The van der Waals surface area contributed by atoms with Crippen LogP contribution in [0.2, 0.25) is 0 Å². The van der Waals surface area contributed by atoms with Gasteiger partial charge in [0.05, 0.1) is 11.5 Å². The maximum absolute atomic E-state index is 13.6. The van der Waals surface area contributed by atoms with Gasteiger partial charge in [0, 0.05) is 30.8 Å². The zero-order valence-electron chi connectivity index (χ0n) is 21.2. The van der Waals surface area contributed by atoms with E-state index in [-0.39, 0.29) is 24.2 Å². The summed E-state index contributed by atoms with van der Waals surface area (Å²) in [6, 6.07) is 16.0. The molecule has 0 spiro atoms. The van der Waals surface area contributed by atoms with E-state index in [2.05, 4.69) is 5.32 Å². The second-order valence-electron chi connectivity index (χ2n) is 9.98. The first-order chi connectivity index (χ1) is 17.1. The van der Waals surface area contributed by atoms with Gasteiger partial charge in [-0.15, -0.1) is 0 Å². The molecule has 36 heavy (non-hydrogen) atoms. The fourth-order valence-electron chi connectivity index (χ4n) is 4.46. The molecule has 3 rings (SSSR count). The van der Waals surface area contributed by atoms with Gasteiger partial charge in [0.1, 0.15) is 0 Å². The van der Waals surface area contributed by atoms with Crippen molar-refractivity contribution in [3.8, 4) is 0 Å². The second kappa shape index (κ2) is 11.8. The van der Waals surface area contributed by atoms with E-state index in [1.54, 1.807) is 36.1 Å². The van der Waals surface area contributed by atoms with Crippen molar-refractivity contribution in [1.82, 2.24) is 10.2 Å². The number of hydrogen-bond acceptors (Lipinski definition) is 4. The monoisotopic (exact) mass is 489 g/mol. The van der Waals surface area contributed by atoms with Gasteiger partial charge in [0.25, 0.3) is 5.91 Å². The van der Waals surface area contributed by atoms with Crippen molar-refractivity contribution in [3.63, 3.8) is 0 Å². The maximum Gasteiger partial charge on any atom is 0.303 e. The highest BCUT2D eigenvalue weighted by molar-refractivity contribution is 5.99. The predicted molar refractivity (Wildman–Crippen MR) is 141 cm³/mol. The molecule has 1 aliphatic rings. The molecule has 1 atom stereocenters. The van der Waals surface area contributed by atoms with E-state index < -0.39 is 17.4 Å². The fourth-order valence-corrected chi connectivity index (χ4v) is 4.46. The summed E-state index contributed by atoms with van der Waals surface area (Å²) in [5.74, 6) is -1.10. The van der Waals surface area contributed by atoms with Crippen LogP contribution in [0.1, 0.15) is 61.5 Å². The van der Waals surface area contributed by atoms with Gasteiger partial charge in [0.2, 0.25) is 5.91 Å². The van der Waals surface area contributed by atoms with Crippen LogP contribution in [-0.4, -0.2) is 52.6 Å². The third-order valence-corrected chi connectivity index (χ3v) is 6.84. The van der Waals surface area contributed by atoms with Gasteiger partial charge in [-0.3, -0.25) is 14.4 Å². The van der Waals surface area contributed by atoms with Crippen LogP contribution in [-0.2, 0) is 9.59 Å². The summed E-state index contributed by atoms with van der Waals surface area (Å²) in [4.78, 5) is 39.6. The number of amides is 2. The molecule has 7 nitrogen and oxygen atoms in total. The van der Waals surface area contributed by atoms with Crippen LogP contribution in [0.5, 0.6) is 0 Å². The Labute approximate surface area is 212 Å². The van der Waals surface area contributed by atoms with Crippen LogP contribution in [0, 0.1) is 16.7 Å². The fraction of sp³-hybridized carbons (Fsp3) is 0.379. The Morgan fingerprint density at radius 2 is 1.64 bits per heavy atom. The van der Waals surface area contributed by atoms with E-state index in [1.165, 1.54) is 0 Å². The summed E-state index contributed by atoms with van der Waals surface area (Å²) in [7, 11) is 0. The molecule has 2 aromatic rings. The molecule has 7 heteroatoms. The van der Waals surface area contributed by atoms with E-state index in [4.69, 9.17) is 10.5 Å². The zero-order chi connectivity index (χ0) is 26.3. The summed E-state index contributed by atoms with van der Waals surface area (Å²) in [6.45, 7) is 6.38. The number of nitrogens with one attached hydrogen (secondary N) is 2. The Bertz CT molecular complexity index is 1110. The number of nitrogens with zero attached hydrogens (tertiary/aromatic N) is 1. The van der Waals surface area contributed by atoms with Crippen LogP contribution >= 0.6 is 0 Å². The first-order valence-corrected chi connectivity index (χ1v) is 12.3. The van der Waals surface area contributed by atoms with E-state index in [0.29, 0.717) is 37.2 Å². The van der Waals surface area contributed by atoms with Gasteiger partial charge < -0.3 is 20.7 Å². The molecule has 1 aliphatic heterocycles. The molecule has 2 aromatic carbocycles. The van der Waals surface area contributed by atoms with Crippen molar-refractivity contribution in [2.24, 2.45) is 11.3 Å². The number of carboxylic acid groups (broad SMARTS) is 1. The van der Waals surface area contributed by atoms with E-state index in [9.17, 15) is 14.4 Å². The molecule has 2 amide bonds. The first kappa shape index (κ1) is 26.9. The number of carbonyl (C=O) groups excluding carboxylic acids is 2. The van der Waals surface area contributed by atoms with Crippen molar-refractivity contribution in [1.29, 1.82) is 5.41 Å². The Hall–Kier alpha value is -3.74. The lowest BCUT2D eigenvalue weighted by Crippen LogP contribution is -2.54. The molecule has 1 unspecified atom stereocenters. The SMILES string of the molecule is CC(=N)c1ccc(C(=O)NC(/C=C/c2ccccc2)C(C)(C)C(=O)N2CCC(CC(=O)O)CC2)cc1. The topological polar surface area (TPSA) is 111 Å². The van der Waals surface area contributed by atoms with Crippen LogP contribution < -0.4 is 5.32 Å². The number of hydrogen-bond donors (Lipinski definition) is 3. The van der Waals surface area contributed by atoms with Gasteiger partial charge in [0.15, 0.2) is 0 Å². The Balaban J connectivity index is 1.80. The van der Waals surface area contributed by atoms with Crippen molar-refractivity contribution in [2.75, 3.05) is 13.1 Å². The van der Waals surface area contributed by atoms with E-state index >= 15 is 0 Å². The Kier molecular flexibility index (Phi) is 8.80. The lowest BCUT2D eigenvalue weighted by molar-refractivity contribution is -0.143. The van der Waals surface area contributed by atoms with Crippen LogP contribution in [0.3, 0.4) is 0 Å². The van der Waals surface area contributed by atoms with E-state index in [0.717, 1.165) is 11.1 Å². The van der Waals surface area contributed by atoms with Crippen molar-refractivity contribution in [2.45, 2.75) is 46.1 Å². The minimum Gasteiger partial charge on any atom is -0.481 e. The molecule has 3 N–H and O–H groups in total. The summed E-state index contributed by atoms with van der Waals surface area (Å²) >= 11 is 0. The molecular weight excluding hydrogens is 454 g/mol. The molecule has 0 saturated carbocycles. The summed E-state index contributed by atoms with van der Waals surface area (Å²) in [5, 5.41) is 19.9. The van der Waals surface area contributed by atoms with Crippen molar-refractivity contribution in [3.05, 3.63) is 77.4 Å². The molecule has 1 heterocycles. The minimum atomic E-state index is -0.938. The highest BCUT2D eigenvalue weighted by Gasteiger charge is 2.40. The standard InChI is InChI=1S/C29H35N3O4/c1-20(30)23-10-12-24(13-11-23)27(35)31-25(14-9-21-7-5-4-6-8-21)29(2,3)28(36)32-17-15-22(16-18-32)19-26(33)34/h4-14,22,25,30H,15-19H2,1-3H3,(H,31,35)(H,33,34)/b14-9+,30-20?. The third-order valence-electron chi connectivity index (χ3n) is 6.84. The summed E-state index contributed by atoms with van der Waals surface area (Å²) < 4.78 is 0. The molecule has 0 aromatic heterocycles. The lowest BCUT2D eigenvalue weighted by atomic mass is 9.81. The normalized spacial score (nSPS) is 15.5. The Morgan fingerprint density at radius 1 is 1.06 bits per heavy atom. The van der Waals surface area contributed by atoms with Crippen molar-refractivity contribution < 1.29 is 19.5 Å². The van der Waals surface area contributed by atoms with Crippen LogP contribution in [0.4, 0.5) is 0 Å². The molecule has 1 saturated heterocycles. The average Bonchev–Trinajstić information content (AvgIpc) is 2.86. The highest BCUT2D eigenvalue weighted by Crippen LogP contribution is 2.29. The Morgan fingerprint density at radius 3 is 2.19 bits per heavy atom. The molecular formula is C29H35N3O4. The smallest absolute Gasteiger partial charge is 0.303 e. The number of piperidine rings is 1. The quantitative estimate of drug-likeness (QED) is 0.446. The minimum absolute atomic E-state index is 0.0749. The zero-order valence-corrected chi connectivity index (χ0v) is 21.2. The number of likely N-dealkylation sites (tertiary alicyclic amines) is 1. The number of benzene rings is 2. The number of carboxylic acids is 1. The summed E-state index contributed by atoms with van der Waals surface area (Å²) in [5.41, 5.74) is 1.64. The summed E-state index contributed by atoms with van der Waals surface area (Å²) in [6.07, 6.45) is 5.20. The maximum atomic E-state index is 13.6. The lowest BCUT2D eigenvalue weighted by Gasteiger charge is -2.39. The van der Waals surface area contributed by atoms with E-state index in [1.807, 2.05) is 56.3 Å². The average molecular weight is 490 g/mol. The van der Waals surface area contributed by atoms with Gasteiger partial charge in [-0.05, 0) is 62.8 Å². The van der Waals surface area contributed by atoms with Crippen LogP contribution in [0.25, 0.3) is 6.08 Å².